The van der Waals surface area contributed by atoms with E-state index in [0.717, 1.165) is 12.2 Å². The van der Waals surface area contributed by atoms with Crippen molar-refractivity contribution in [3.8, 4) is 0 Å². The molecule has 0 amide bonds. The van der Waals surface area contributed by atoms with E-state index >= 15 is 0 Å². The van der Waals surface area contributed by atoms with Crippen molar-refractivity contribution in [3.63, 3.8) is 0 Å². The lowest BCUT2D eigenvalue weighted by Gasteiger charge is -2.12. The van der Waals surface area contributed by atoms with Gasteiger partial charge in [0, 0.05) is 21.8 Å². The Morgan fingerprint density at radius 2 is 2.00 bits per heavy atom. The topological polar surface area (TPSA) is 29.3 Å². The van der Waals surface area contributed by atoms with Gasteiger partial charge in [0.05, 0.1) is 0 Å². The minimum absolute atomic E-state index is 0.863. The molecule has 0 unspecified atom stereocenters. The Labute approximate surface area is 99.7 Å². The summed E-state index contributed by atoms with van der Waals surface area (Å²) < 4.78 is 1.31. The summed E-state index contributed by atoms with van der Waals surface area (Å²) in [6, 6.07) is 8.48. The molecular formula is C13H16N2S. The molecule has 0 bridgehead atoms. The highest BCUT2D eigenvalue weighted by atomic mass is 32.1. The molecule has 16 heavy (non-hydrogen) atoms. The predicted octanol–water partition coefficient (Wildman–Crippen LogP) is 3.08. The first-order chi connectivity index (χ1) is 7.81. The van der Waals surface area contributed by atoms with Gasteiger partial charge in [0.2, 0.25) is 0 Å². The van der Waals surface area contributed by atoms with Gasteiger partial charge in [-0.25, -0.2) is 0 Å². The van der Waals surface area contributed by atoms with E-state index in [1.165, 1.54) is 40.9 Å². The summed E-state index contributed by atoms with van der Waals surface area (Å²) in [6.07, 6.45) is 2.72. The highest BCUT2D eigenvalue weighted by Crippen LogP contribution is 2.28. The fourth-order valence-corrected chi connectivity index (χ4v) is 3.50. The lowest BCUT2D eigenvalue weighted by molar-refractivity contribution is 0.334. The molecule has 1 fully saturated rings. The van der Waals surface area contributed by atoms with Gasteiger partial charge in [0.15, 0.2) is 0 Å². The number of rotatable bonds is 2. The van der Waals surface area contributed by atoms with Crippen LogP contribution in [0.3, 0.4) is 0 Å². The Morgan fingerprint density at radius 1 is 1.19 bits per heavy atom. The molecule has 3 rings (SSSR count). The molecular weight excluding hydrogens is 216 g/mol. The van der Waals surface area contributed by atoms with Crippen molar-refractivity contribution in [1.82, 2.24) is 4.90 Å². The van der Waals surface area contributed by atoms with E-state index in [1.54, 1.807) is 0 Å². The van der Waals surface area contributed by atoms with Gasteiger partial charge in [-0.2, -0.15) is 0 Å². The van der Waals surface area contributed by atoms with Crippen LogP contribution in [0.4, 0.5) is 5.69 Å². The van der Waals surface area contributed by atoms with Crippen LogP contribution in [0.25, 0.3) is 10.1 Å². The number of benzene rings is 1. The maximum absolute atomic E-state index is 5.79. The Kier molecular flexibility index (Phi) is 2.58. The van der Waals surface area contributed by atoms with Gasteiger partial charge in [0.1, 0.15) is 0 Å². The molecule has 3 heteroatoms. The van der Waals surface area contributed by atoms with Crippen LogP contribution in [-0.4, -0.2) is 18.0 Å². The fraction of sp³-hybridized carbons (Fsp3) is 0.385. The number of anilines is 1. The second kappa shape index (κ2) is 4.07. The van der Waals surface area contributed by atoms with E-state index in [-0.39, 0.29) is 0 Å². The number of hydrogen-bond donors (Lipinski definition) is 1. The SMILES string of the molecule is Nc1ccc2cc(CN3CCCC3)sc2c1. The molecule has 0 aliphatic carbocycles. The highest BCUT2D eigenvalue weighted by molar-refractivity contribution is 7.19. The van der Waals surface area contributed by atoms with Crippen molar-refractivity contribution >= 4 is 27.1 Å². The Hall–Kier alpha value is -1.06. The standard InChI is InChI=1S/C13H16N2S/c14-11-4-3-10-7-12(16-13(10)8-11)9-15-5-1-2-6-15/h3-4,7-8H,1-2,5-6,9,14H2. The Bertz CT molecular complexity index is 498. The van der Waals surface area contributed by atoms with Crippen molar-refractivity contribution in [2.45, 2.75) is 19.4 Å². The number of nitrogens with zero attached hydrogens (tertiary/aromatic N) is 1. The smallest absolute Gasteiger partial charge is 0.0366 e. The minimum atomic E-state index is 0.863. The van der Waals surface area contributed by atoms with Gasteiger partial charge in [0.25, 0.3) is 0 Å². The Balaban J connectivity index is 1.86. The van der Waals surface area contributed by atoms with Crippen molar-refractivity contribution in [3.05, 3.63) is 29.1 Å². The van der Waals surface area contributed by atoms with Gasteiger partial charge in [-0.15, -0.1) is 11.3 Å². The summed E-state index contributed by atoms with van der Waals surface area (Å²) in [7, 11) is 0. The van der Waals surface area contributed by atoms with Crippen molar-refractivity contribution in [2.75, 3.05) is 18.8 Å². The number of nitrogens with two attached hydrogens (primary N) is 1. The quantitative estimate of drug-likeness (QED) is 0.806. The van der Waals surface area contributed by atoms with Gasteiger partial charge in [-0.05, 0) is 49.5 Å². The summed E-state index contributed by atoms with van der Waals surface area (Å²) in [5.41, 5.74) is 6.66. The van der Waals surface area contributed by atoms with Crippen LogP contribution < -0.4 is 5.73 Å². The second-order valence-electron chi connectivity index (χ2n) is 4.49. The molecule has 1 aliphatic rings. The summed E-state index contributed by atoms with van der Waals surface area (Å²) in [5, 5.41) is 1.33. The molecule has 0 atom stereocenters. The summed E-state index contributed by atoms with van der Waals surface area (Å²) in [6.45, 7) is 3.63. The minimum Gasteiger partial charge on any atom is -0.399 e. The largest absolute Gasteiger partial charge is 0.399 e. The number of hydrogen-bond acceptors (Lipinski definition) is 3. The van der Waals surface area contributed by atoms with Crippen molar-refractivity contribution < 1.29 is 0 Å². The molecule has 2 N–H and O–H groups in total. The van der Waals surface area contributed by atoms with Crippen molar-refractivity contribution in [2.24, 2.45) is 0 Å². The van der Waals surface area contributed by atoms with Crippen LogP contribution in [0.15, 0.2) is 24.3 Å². The average Bonchev–Trinajstić information content (AvgIpc) is 2.86. The number of thiophene rings is 1. The molecule has 0 radical (unpaired) electrons. The maximum atomic E-state index is 5.79. The van der Waals surface area contributed by atoms with E-state index in [2.05, 4.69) is 23.1 Å². The van der Waals surface area contributed by atoms with Gasteiger partial charge in [-0.1, -0.05) is 6.07 Å². The van der Waals surface area contributed by atoms with Crippen LogP contribution in [-0.2, 0) is 6.54 Å². The van der Waals surface area contributed by atoms with E-state index in [4.69, 9.17) is 5.73 Å². The third-order valence-corrected chi connectivity index (χ3v) is 4.26. The number of likely N-dealkylation sites (tertiary alicyclic amines) is 1. The molecule has 1 saturated heterocycles. The molecule has 0 spiro atoms. The maximum Gasteiger partial charge on any atom is 0.0366 e. The molecule has 1 aliphatic heterocycles. The molecule has 2 nitrogen and oxygen atoms in total. The van der Waals surface area contributed by atoms with Crippen LogP contribution in [0.2, 0.25) is 0 Å². The third kappa shape index (κ3) is 1.93. The lowest BCUT2D eigenvalue weighted by atomic mass is 10.2. The van der Waals surface area contributed by atoms with E-state index in [1.807, 2.05) is 17.4 Å². The van der Waals surface area contributed by atoms with Crippen LogP contribution in [0, 0.1) is 0 Å². The first kappa shape index (κ1) is 10.1. The average molecular weight is 232 g/mol. The molecule has 1 aromatic heterocycles. The fourth-order valence-electron chi connectivity index (χ4n) is 2.34. The monoisotopic (exact) mass is 232 g/mol. The van der Waals surface area contributed by atoms with Crippen LogP contribution in [0.1, 0.15) is 17.7 Å². The lowest BCUT2D eigenvalue weighted by Crippen LogP contribution is -2.17. The third-order valence-electron chi connectivity index (χ3n) is 3.17. The molecule has 0 saturated carbocycles. The summed E-state index contributed by atoms with van der Waals surface area (Å²) >= 11 is 1.88. The van der Waals surface area contributed by atoms with Gasteiger partial charge < -0.3 is 5.73 Å². The zero-order chi connectivity index (χ0) is 11.0. The van der Waals surface area contributed by atoms with Crippen molar-refractivity contribution in [1.29, 1.82) is 0 Å². The van der Waals surface area contributed by atoms with Crippen LogP contribution in [0.5, 0.6) is 0 Å². The zero-order valence-corrected chi connectivity index (χ0v) is 10.1. The van der Waals surface area contributed by atoms with E-state index < -0.39 is 0 Å². The number of fused-ring (bicyclic) bond motifs is 1. The van der Waals surface area contributed by atoms with Gasteiger partial charge >= 0.3 is 0 Å². The molecule has 84 valence electrons. The van der Waals surface area contributed by atoms with E-state index in [0.29, 0.717) is 0 Å². The summed E-state index contributed by atoms with van der Waals surface area (Å²) in [5.74, 6) is 0. The molecule has 2 aromatic rings. The Morgan fingerprint density at radius 3 is 2.81 bits per heavy atom. The molecule has 2 heterocycles. The van der Waals surface area contributed by atoms with E-state index in [9.17, 15) is 0 Å². The molecule has 1 aromatic carbocycles. The normalized spacial score (nSPS) is 17.2. The second-order valence-corrected chi connectivity index (χ2v) is 5.66. The van der Waals surface area contributed by atoms with Gasteiger partial charge in [-0.3, -0.25) is 4.90 Å². The first-order valence-electron chi connectivity index (χ1n) is 5.81. The summed E-state index contributed by atoms with van der Waals surface area (Å²) in [4.78, 5) is 4.00. The first-order valence-corrected chi connectivity index (χ1v) is 6.63. The predicted molar refractivity (Wildman–Crippen MR) is 70.7 cm³/mol. The van der Waals surface area contributed by atoms with Crippen LogP contribution >= 0.6 is 11.3 Å². The highest BCUT2D eigenvalue weighted by Gasteiger charge is 2.13. The number of nitrogen functional groups attached to an aromatic ring is 1. The zero-order valence-electron chi connectivity index (χ0n) is 9.28.